The number of benzene rings is 3. The third-order valence-electron chi connectivity index (χ3n) is 12.5. The zero-order valence-electron chi connectivity index (χ0n) is 30.0. The zero-order valence-corrected chi connectivity index (χ0v) is 30.0. The topological polar surface area (TPSA) is 83.1 Å². The van der Waals surface area contributed by atoms with E-state index in [0.717, 1.165) is 89.9 Å². The monoisotopic (exact) mass is 689 g/mol. The molecular formula is C44H55N3O4. The van der Waals surface area contributed by atoms with Gasteiger partial charge in [-0.1, -0.05) is 79.6 Å². The number of ether oxygens (including phenoxy) is 2. The highest BCUT2D eigenvalue weighted by Crippen LogP contribution is 2.55. The number of hydrogen-bond acceptors (Lipinski definition) is 5. The van der Waals surface area contributed by atoms with Gasteiger partial charge in [0.1, 0.15) is 0 Å². The Labute approximate surface area is 303 Å². The van der Waals surface area contributed by atoms with E-state index in [0.29, 0.717) is 12.6 Å². The van der Waals surface area contributed by atoms with Crippen LogP contribution in [0, 0.1) is 17.8 Å². The van der Waals surface area contributed by atoms with Gasteiger partial charge >= 0.3 is 6.03 Å². The maximum atomic E-state index is 13.2. The number of hydrogen-bond donors (Lipinski definition) is 3. The molecule has 2 amide bonds. The Bertz CT molecular complexity index is 1630. The number of rotatable bonds is 12. The lowest BCUT2D eigenvalue weighted by atomic mass is 9.53. The first-order valence-electron chi connectivity index (χ1n) is 19.5. The highest BCUT2D eigenvalue weighted by Gasteiger charge is 2.51. The summed E-state index contributed by atoms with van der Waals surface area (Å²) >= 11 is 0. The summed E-state index contributed by atoms with van der Waals surface area (Å²) in [6.07, 6.45) is 14.7. The van der Waals surface area contributed by atoms with Gasteiger partial charge in [0.15, 0.2) is 6.29 Å². The second-order valence-electron chi connectivity index (χ2n) is 16.4. The summed E-state index contributed by atoms with van der Waals surface area (Å²) in [4.78, 5) is 15.7. The lowest BCUT2D eigenvalue weighted by molar-refractivity contribution is -0.253. The van der Waals surface area contributed by atoms with E-state index >= 15 is 0 Å². The van der Waals surface area contributed by atoms with Crippen LogP contribution in [-0.4, -0.2) is 46.8 Å². The number of nitrogens with zero attached hydrogens (tertiary/aromatic N) is 1. The molecule has 3 atom stereocenters. The molecule has 51 heavy (non-hydrogen) atoms. The first kappa shape index (κ1) is 34.6. The van der Waals surface area contributed by atoms with Gasteiger partial charge in [0.25, 0.3) is 0 Å². The molecule has 1 aliphatic heterocycles. The van der Waals surface area contributed by atoms with Crippen LogP contribution in [0.3, 0.4) is 0 Å². The van der Waals surface area contributed by atoms with Crippen molar-refractivity contribution in [1.82, 2.24) is 15.5 Å². The Kier molecular flexibility index (Phi) is 10.3. The van der Waals surface area contributed by atoms with Crippen LogP contribution in [0.2, 0.25) is 0 Å². The lowest BCUT2D eigenvalue weighted by Crippen LogP contribution is -2.61. The number of aliphatic hydroxyl groups is 1. The van der Waals surface area contributed by atoms with Gasteiger partial charge in [0.05, 0.1) is 18.8 Å². The van der Waals surface area contributed by atoms with Crippen molar-refractivity contribution < 1.29 is 19.4 Å². The van der Waals surface area contributed by atoms with Crippen LogP contribution in [0.15, 0.2) is 85.5 Å². The molecule has 6 aliphatic rings. The molecule has 0 spiro atoms. The highest BCUT2D eigenvalue weighted by molar-refractivity contribution is 5.75. The zero-order chi connectivity index (χ0) is 34.8. The fraction of sp³-hybridized carbons (Fsp3) is 0.523. The van der Waals surface area contributed by atoms with Crippen molar-refractivity contribution in [2.24, 2.45) is 17.8 Å². The average Bonchev–Trinajstić information content (AvgIpc) is 3.69. The molecule has 9 rings (SSSR count). The summed E-state index contributed by atoms with van der Waals surface area (Å²) in [5, 5.41) is 16.3. The van der Waals surface area contributed by atoms with Gasteiger partial charge < -0.3 is 25.2 Å². The molecule has 4 bridgehead atoms. The summed E-state index contributed by atoms with van der Waals surface area (Å²) in [6.45, 7) is 6.27. The molecule has 3 aromatic carbocycles. The summed E-state index contributed by atoms with van der Waals surface area (Å²) in [6, 6.07) is 25.6. The van der Waals surface area contributed by atoms with Gasteiger partial charge in [-0.05, 0) is 109 Å². The fourth-order valence-corrected chi connectivity index (χ4v) is 10.6. The van der Waals surface area contributed by atoms with Crippen molar-refractivity contribution in [1.29, 1.82) is 0 Å². The number of nitrogens with one attached hydrogen (secondary N) is 2. The van der Waals surface area contributed by atoms with E-state index < -0.39 is 6.29 Å². The molecule has 0 radical (unpaired) electrons. The summed E-state index contributed by atoms with van der Waals surface area (Å²) in [5.41, 5.74) is 6.25. The molecule has 3 aromatic rings. The summed E-state index contributed by atoms with van der Waals surface area (Å²) in [7, 11) is 0. The first-order valence-corrected chi connectivity index (χ1v) is 19.5. The molecule has 7 nitrogen and oxygen atoms in total. The van der Waals surface area contributed by atoms with Crippen LogP contribution < -0.4 is 10.6 Å². The van der Waals surface area contributed by atoms with Crippen LogP contribution in [-0.2, 0) is 22.6 Å². The molecule has 0 aromatic heterocycles. The number of carbonyl (C=O) groups excluding carboxylic acids is 1. The molecule has 5 saturated carbocycles. The van der Waals surface area contributed by atoms with Crippen LogP contribution >= 0.6 is 0 Å². The standard InChI is InChI=1S/C44H55N3O4/c1-2-17-47(39-11-3-4-12-39)28-40-23-41(35-15-13-30(29-48)14-16-35)51-42(50-40)38-10-6-9-37(22-38)36-8-5-7-31(21-36)27-45-43(49)46-44-24-32-18-33(25-44)20-34(19-32)26-44/h2,5-10,13-16,21-22,32-34,39-42,48H,1,3-4,11-12,17-20,23-29H2,(H2,45,46,49)/t32?,33?,34?,40-,41+,42+,44?/m1/s1. The second kappa shape index (κ2) is 15.2. The van der Waals surface area contributed by atoms with E-state index in [2.05, 4.69) is 82.8 Å². The van der Waals surface area contributed by atoms with Gasteiger partial charge in [-0.15, -0.1) is 6.58 Å². The van der Waals surface area contributed by atoms with E-state index in [4.69, 9.17) is 9.47 Å². The molecule has 0 unspecified atom stereocenters. The van der Waals surface area contributed by atoms with Crippen molar-refractivity contribution in [3.05, 3.63) is 108 Å². The molecule has 6 fully saturated rings. The van der Waals surface area contributed by atoms with Crippen molar-refractivity contribution in [2.75, 3.05) is 13.1 Å². The molecule has 7 heteroatoms. The number of aliphatic hydroxyl groups excluding tert-OH is 1. The first-order chi connectivity index (χ1) is 24.9. The van der Waals surface area contributed by atoms with Crippen LogP contribution in [0.5, 0.6) is 0 Å². The summed E-state index contributed by atoms with van der Waals surface area (Å²) < 4.78 is 13.5. The Morgan fingerprint density at radius 3 is 2.22 bits per heavy atom. The Morgan fingerprint density at radius 2 is 1.53 bits per heavy atom. The van der Waals surface area contributed by atoms with Gasteiger partial charge in [0.2, 0.25) is 0 Å². The van der Waals surface area contributed by atoms with E-state index in [1.807, 2.05) is 18.2 Å². The SMILES string of the molecule is C=CCN(C[C@H]1C[C@@H](c2ccc(CO)cc2)O[C@@H](c2cccc(-c3cccc(CNC(=O)NC45CC6CC(CC(C6)C4)C5)c3)c2)O1)C1CCCC1. The van der Waals surface area contributed by atoms with Crippen molar-refractivity contribution >= 4 is 6.03 Å². The van der Waals surface area contributed by atoms with Gasteiger partial charge in [-0.3, -0.25) is 4.90 Å². The minimum absolute atomic E-state index is 0.00514. The molecule has 1 saturated heterocycles. The van der Waals surface area contributed by atoms with Crippen molar-refractivity contribution in [3.63, 3.8) is 0 Å². The van der Waals surface area contributed by atoms with Gasteiger partial charge in [-0.25, -0.2) is 4.79 Å². The normalized spacial score (nSPS) is 30.1. The fourth-order valence-electron chi connectivity index (χ4n) is 10.6. The Morgan fingerprint density at radius 1 is 0.843 bits per heavy atom. The minimum atomic E-state index is -0.515. The quantitative estimate of drug-likeness (QED) is 0.166. The Hall–Kier alpha value is -3.49. The van der Waals surface area contributed by atoms with E-state index in [-0.39, 0.29) is 30.4 Å². The average molecular weight is 690 g/mol. The smallest absolute Gasteiger partial charge is 0.315 e. The molecule has 1 heterocycles. The third kappa shape index (κ3) is 7.97. The van der Waals surface area contributed by atoms with Gasteiger partial charge in [0, 0.05) is 43.2 Å². The molecular weight excluding hydrogens is 635 g/mol. The predicted octanol–water partition coefficient (Wildman–Crippen LogP) is 8.59. The maximum Gasteiger partial charge on any atom is 0.315 e. The van der Waals surface area contributed by atoms with Crippen LogP contribution in [0.4, 0.5) is 4.79 Å². The van der Waals surface area contributed by atoms with Gasteiger partial charge in [-0.2, -0.15) is 0 Å². The summed E-state index contributed by atoms with van der Waals surface area (Å²) in [5.74, 6) is 2.40. The lowest BCUT2D eigenvalue weighted by Gasteiger charge is -2.56. The predicted molar refractivity (Wildman–Crippen MR) is 201 cm³/mol. The third-order valence-corrected chi connectivity index (χ3v) is 12.5. The molecule has 3 N–H and O–H groups in total. The van der Waals surface area contributed by atoms with Crippen molar-refractivity contribution in [3.8, 4) is 11.1 Å². The maximum absolute atomic E-state index is 13.2. The van der Waals surface area contributed by atoms with E-state index in [1.165, 1.54) is 44.9 Å². The molecule has 270 valence electrons. The number of urea groups is 1. The minimum Gasteiger partial charge on any atom is -0.392 e. The number of amides is 2. The van der Waals surface area contributed by atoms with E-state index in [9.17, 15) is 9.90 Å². The largest absolute Gasteiger partial charge is 0.392 e. The Balaban J connectivity index is 0.963. The van der Waals surface area contributed by atoms with Crippen molar-refractivity contribution in [2.45, 2.75) is 114 Å². The van der Waals surface area contributed by atoms with Crippen LogP contribution in [0.25, 0.3) is 11.1 Å². The number of carbonyl (C=O) groups is 1. The highest BCUT2D eigenvalue weighted by atomic mass is 16.7. The van der Waals surface area contributed by atoms with E-state index in [1.54, 1.807) is 0 Å². The molecule has 5 aliphatic carbocycles. The second-order valence-corrected chi connectivity index (χ2v) is 16.4. The van der Waals surface area contributed by atoms with Crippen LogP contribution in [0.1, 0.15) is 105 Å².